The molecule has 72 valence electrons. The summed E-state index contributed by atoms with van der Waals surface area (Å²) in [4.78, 5) is 10.2. The van der Waals surface area contributed by atoms with Crippen LogP contribution in [0.15, 0.2) is 36.4 Å². The summed E-state index contributed by atoms with van der Waals surface area (Å²) < 4.78 is 4.25. The lowest BCUT2D eigenvalue weighted by Gasteiger charge is -1.98. The van der Waals surface area contributed by atoms with Gasteiger partial charge in [0.2, 0.25) is 0 Å². The number of nitrogens with two attached hydrogens (primary N) is 1. The van der Waals surface area contributed by atoms with E-state index in [1.54, 1.807) is 6.92 Å². The Balaban J connectivity index is 0.000000223. The van der Waals surface area contributed by atoms with Crippen molar-refractivity contribution >= 4 is 5.97 Å². The fourth-order valence-corrected chi connectivity index (χ4v) is 0.571. The third kappa shape index (κ3) is 7.03. The molecule has 1 aromatic carbocycles. The first-order valence-corrected chi connectivity index (χ1v) is 4.02. The van der Waals surface area contributed by atoms with Gasteiger partial charge in [-0.25, -0.2) is 0 Å². The first kappa shape index (κ1) is 11.6. The van der Waals surface area contributed by atoms with Gasteiger partial charge in [0.05, 0.1) is 7.11 Å². The second kappa shape index (κ2) is 7.31. The molecule has 0 aliphatic rings. The predicted molar refractivity (Wildman–Crippen MR) is 52.1 cm³/mol. The van der Waals surface area contributed by atoms with Crippen molar-refractivity contribution in [2.45, 2.75) is 13.0 Å². The van der Waals surface area contributed by atoms with E-state index in [4.69, 9.17) is 5.73 Å². The fraction of sp³-hybridized carbons (Fsp3) is 0.300. The quantitative estimate of drug-likeness (QED) is 0.662. The maximum atomic E-state index is 10.2. The molecule has 0 radical (unpaired) electrons. The Morgan fingerprint density at radius 2 is 1.46 bits per heavy atom. The summed E-state index contributed by atoms with van der Waals surface area (Å²) in [5.74, 6) is -0.375. The summed E-state index contributed by atoms with van der Waals surface area (Å²) in [5, 5.41) is 0. The normalized spacial score (nSPS) is 10.7. The third-order valence-corrected chi connectivity index (χ3v) is 1.24. The number of carbonyl (C=O) groups excluding carboxylic acids is 1. The second-order valence-electron chi connectivity index (χ2n) is 2.47. The highest BCUT2D eigenvalue weighted by atomic mass is 16.5. The van der Waals surface area contributed by atoms with Crippen molar-refractivity contribution in [3.8, 4) is 0 Å². The van der Waals surface area contributed by atoms with Crippen molar-refractivity contribution in [3.05, 3.63) is 36.4 Å². The van der Waals surface area contributed by atoms with Gasteiger partial charge in [-0.1, -0.05) is 36.4 Å². The Morgan fingerprint density at radius 3 is 1.54 bits per heavy atom. The molecule has 0 saturated carbocycles. The number of carbonyl (C=O) groups is 1. The van der Waals surface area contributed by atoms with Crippen LogP contribution >= 0.6 is 0 Å². The summed E-state index contributed by atoms with van der Waals surface area (Å²) in [6, 6.07) is 11.5. The summed E-state index contributed by atoms with van der Waals surface area (Å²) in [6.45, 7) is 1.58. The molecule has 0 aromatic heterocycles. The van der Waals surface area contributed by atoms with Crippen LogP contribution in [0.3, 0.4) is 0 Å². The van der Waals surface area contributed by atoms with Crippen LogP contribution in [0.4, 0.5) is 0 Å². The molecule has 0 spiro atoms. The van der Waals surface area contributed by atoms with Crippen molar-refractivity contribution in [1.82, 2.24) is 0 Å². The van der Waals surface area contributed by atoms with E-state index in [1.807, 2.05) is 36.4 Å². The van der Waals surface area contributed by atoms with Gasteiger partial charge in [-0.15, -0.1) is 0 Å². The van der Waals surface area contributed by atoms with Gasteiger partial charge in [-0.05, 0) is 6.92 Å². The molecule has 3 nitrogen and oxygen atoms in total. The molecule has 0 amide bonds. The van der Waals surface area contributed by atoms with Gasteiger partial charge in [0, 0.05) is 0 Å². The number of benzene rings is 1. The maximum Gasteiger partial charge on any atom is 0.322 e. The van der Waals surface area contributed by atoms with Crippen LogP contribution in [0.25, 0.3) is 0 Å². The van der Waals surface area contributed by atoms with Crippen LogP contribution in [0.2, 0.25) is 0 Å². The van der Waals surface area contributed by atoms with Crippen LogP contribution < -0.4 is 5.73 Å². The molecule has 0 heterocycles. The zero-order valence-electron chi connectivity index (χ0n) is 7.94. The first-order valence-electron chi connectivity index (χ1n) is 4.02. The molecule has 1 rings (SSSR count). The zero-order chi connectivity index (χ0) is 10.1. The first-order chi connectivity index (χ1) is 6.18. The Bertz CT molecular complexity index is 195. The molecular weight excluding hydrogens is 166 g/mol. The van der Waals surface area contributed by atoms with Gasteiger partial charge in [-0.2, -0.15) is 0 Å². The van der Waals surface area contributed by atoms with Crippen molar-refractivity contribution in [2.75, 3.05) is 7.11 Å². The molecule has 3 heteroatoms. The molecule has 0 aliphatic heterocycles. The lowest BCUT2D eigenvalue weighted by molar-refractivity contribution is -0.141. The fourth-order valence-electron chi connectivity index (χ4n) is 0.571. The van der Waals surface area contributed by atoms with E-state index in [2.05, 4.69) is 4.74 Å². The largest absolute Gasteiger partial charge is 0.468 e. The van der Waals surface area contributed by atoms with Crippen molar-refractivity contribution < 1.29 is 9.53 Å². The van der Waals surface area contributed by atoms with Gasteiger partial charge in [0.25, 0.3) is 0 Å². The highest BCUT2D eigenvalue weighted by molar-refractivity contribution is 5.74. The van der Waals surface area contributed by atoms with E-state index >= 15 is 0 Å². The Hall–Kier alpha value is -1.35. The average molecular weight is 181 g/mol. The van der Waals surface area contributed by atoms with Crippen molar-refractivity contribution in [3.63, 3.8) is 0 Å². The predicted octanol–water partition coefficient (Wildman–Crippen LogP) is 1.19. The van der Waals surface area contributed by atoms with Gasteiger partial charge >= 0.3 is 5.97 Å². The number of hydrogen-bond donors (Lipinski definition) is 1. The van der Waals surface area contributed by atoms with E-state index in [9.17, 15) is 4.79 Å². The molecule has 1 atom stereocenters. The lowest BCUT2D eigenvalue weighted by Crippen LogP contribution is -2.27. The Kier molecular flexibility index (Phi) is 6.55. The van der Waals surface area contributed by atoms with E-state index < -0.39 is 6.04 Å². The zero-order valence-corrected chi connectivity index (χ0v) is 7.94. The van der Waals surface area contributed by atoms with E-state index in [0.29, 0.717) is 0 Å². The standard InChI is InChI=1S/C6H6.C4H9NO2/c1-2-4-6-5-3-1;1-3(5)4(6)7-2/h1-6H;3H,5H2,1-2H3. The average Bonchev–Trinajstić information content (AvgIpc) is 2.20. The summed E-state index contributed by atoms with van der Waals surface area (Å²) in [6.07, 6.45) is 0. The summed E-state index contributed by atoms with van der Waals surface area (Å²) >= 11 is 0. The van der Waals surface area contributed by atoms with Crippen LogP contribution in [-0.4, -0.2) is 19.1 Å². The summed E-state index contributed by atoms with van der Waals surface area (Å²) in [7, 11) is 1.31. The van der Waals surface area contributed by atoms with E-state index in [0.717, 1.165) is 0 Å². The second-order valence-corrected chi connectivity index (χ2v) is 2.47. The summed E-state index contributed by atoms with van der Waals surface area (Å²) in [5.41, 5.74) is 5.07. The molecule has 2 N–H and O–H groups in total. The van der Waals surface area contributed by atoms with Gasteiger partial charge < -0.3 is 10.5 Å². The monoisotopic (exact) mass is 181 g/mol. The number of ether oxygens (including phenoxy) is 1. The minimum absolute atomic E-state index is 0.375. The third-order valence-electron chi connectivity index (χ3n) is 1.24. The molecular formula is C10H15NO2. The molecule has 1 aromatic rings. The molecule has 1 unspecified atom stereocenters. The minimum Gasteiger partial charge on any atom is -0.468 e. The van der Waals surface area contributed by atoms with Gasteiger partial charge in [0.15, 0.2) is 0 Å². The maximum absolute atomic E-state index is 10.2. The topological polar surface area (TPSA) is 52.3 Å². The minimum atomic E-state index is -0.495. The SMILES string of the molecule is COC(=O)C(C)N.c1ccccc1. The Labute approximate surface area is 78.5 Å². The molecule has 0 bridgehead atoms. The highest BCUT2D eigenvalue weighted by Crippen LogP contribution is 1.80. The smallest absolute Gasteiger partial charge is 0.322 e. The number of rotatable bonds is 1. The van der Waals surface area contributed by atoms with Crippen molar-refractivity contribution in [1.29, 1.82) is 0 Å². The van der Waals surface area contributed by atoms with Gasteiger partial charge in [-0.3, -0.25) is 4.79 Å². The van der Waals surface area contributed by atoms with Crippen molar-refractivity contribution in [2.24, 2.45) is 5.73 Å². The van der Waals surface area contributed by atoms with Crippen LogP contribution in [0.5, 0.6) is 0 Å². The molecule has 0 saturated heterocycles. The van der Waals surface area contributed by atoms with Gasteiger partial charge in [0.1, 0.15) is 6.04 Å². The Morgan fingerprint density at radius 1 is 1.15 bits per heavy atom. The molecule has 0 fully saturated rings. The lowest BCUT2D eigenvalue weighted by atomic mass is 10.4. The van der Waals surface area contributed by atoms with E-state index in [1.165, 1.54) is 7.11 Å². The van der Waals surface area contributed by atoms with Crippen LogP contribution in [-0.2, 0) is 9.53 Å². The van der Waals surface area contributed by atoms with Crippen LogP contribution in [0.1, 0.15) is 6.92 Å². The van der Waals surface area contributed by atoms with E-state index in [-0.39, 0.29) is 5.97 Å². The highest BCUT2D eigenvalue weighted by Gasteiger charge is 2.03. The number of methoxy groups -OCH3 is 1. The molecule has 13 heavy (non-hydrogen) atoms. The molecule has 0 aliphatic carbocycles. The number of esters is 1. The van der Waals surface area contributed by atoms with Crippen LogP contribution in [0, 0.1) is 0 Å². The number of hydrogen-bond acceptors (Lipinski definition) is 3.